The first-order valence-electron chi connectivity index (χ1n) is 7.36. The van der Waals surface area contributed by atoms with Crippen LogP contribution in [0.25, 0.3) is 0 Å². The number of amides is 1. The molecular formula is C16H25BrN2O2. The molecule has 5 heteroatoms. The summed E-state index contributed by atoms with van der Waals surface area (Å²) < 4.78 is 6.68. The highest BCUT2D eigenvalue weighted by Crippen LogP contribution is 2.28. The van der Waals surface area contributed by atoms with Crippen LogP contribution in [0.4, 0.5) is 0 Å². The third-order valence-corrected chi connectivity index (χ3v) is 3.85. The Bertz CT molecular complexity index is 466. The van der Waals surface area contributed by atoms with Gasteiger partial charge in [0.05, 0.1) is 0 Å². The van der Waals surface area contributed by atoms with Gasteiger partial charge in [0.25, 0.3) is 5.91 Å². The summed E-state index contributed by atoms with van der Waals surface area (Å²) in [6.07, 6.45) is 2.03. The first-order valence-corrected chi connectivity index (χ1v) is 8.16. The Morgan fingerprint density at radius 1 is 1.38 bits per heavy atom. The number of hydrogen-bond acceptors (Lipinski definition) is 3. The zero-order chi connectivity index (χ0) is 15.8. The van der Waals surface area contributed by atoms with E-state index in [0.717, 1.165) is 28.6 Å². The van der Waals surface area contributed by atoms with Gasteiger partial charge in [-0.25, -0.2) is 0 Å². The molecule has 1 rings (SSSR count). The molecule has 4 nitrogen and oxygen atoms in total. The molecule has 0 heterocycles. The number of nitrogens with one attached hydrogen (secondary N) is 2. The molecule has 1 amide bonds. The summed E-state index contributed by atoms with van der Waals surface area (Å²) in [5.74, 6) is 0.653. The molecule has 0 aliphatic rings. The van der Waals surface area contributed by atoms with E-state index in [2.05, 4.69) is 40.4 Å². The van der Waals surface area contributed by atoms with Gasteiger partial charge in [-0.1, -0.05) is 29.3 Å². The summed E-state index contributed by atoms with van der Waals surface area (Å²) in [5.41, 5.74) is 1.03. The summed E-state index contributed by atoms with van der Waals surface area (Å²) in [6, 6.07) is 6.15. The number of benzene rings is 1. The fourth-order valence-corrected chi connectivity index (χ4v) is 2.49. The van der Waals surface area contributed by atoms with Gasteiger partial charge in [-0.15, -0.1) is 0 Å². The summed E-state index contributed by atoms with van der Waals surface area (Å²) in [6.45, 7) is 6.21. The van der Waals surface area contributed by atoms with Crippen LogP contribution in [-0.2, 0) is 4.79 Å². The monoisotopic (exact) mass is 356 g/mol. The van der Waals surface area contributed by atoms with Crippen molar-refractivity contribution < 1.29 is 9.53 Å². The Morgan fingerprint density at radius 3 is 2.71 bits per heavy atom. The zero-order valence-corrected chi connectivity index (χ0v) is 14.8. The van der Waals surface area contributed by atoms with E-state index in [1.807, 2.05) is 32.2 Å². The Labute approximate surface area is 135 Å². The number of carbonyl (C=O) groups excluding carboxylic acids is 1. The van der Waals surface area contributed by atoms with Crippen molar-refractivity contribution in [3.63, 3.8) is 0 Å². The maximum absolute atomic E-state index is 11.9. The van der Waals surface area contributed by atoms with Crippen LogP contribution in [0.2, 0.25) is 0 Å². The summed E-state index contributed by atoms with van der Waals surface area (Å²) in [7, 11) is 1.90. The minimum Gasteiger partial charge on any atom is -0.483 e. The molecule has 2 unspecified atom stereocenters. The number of hydrogen-bond donors (Lipinski definition) is 2. The largest absolute Gasteiger partial charge is 0.483 e. The number of ether oxygens (including phenoxy) is 1. The maximum atomic E-state index is 11.9. The fourth-order valence-electron chi connectivity index (χ4n) is 2.11. The molecule has 2 N–H and O–H groups in total. The summed E-state index contributed by atoms with van der Waals surface area (Å²) >= 11 is 3.46. The quantitative estimate of drug-likeness (QED) is 0.750. The van der Waals surface area contributed by atoms with E-state index < -0.39 is 0 Å². The van der Waals surface area contributed by atoms with Crippen LogP contribution < -0.4 is 15.4 Å². The van der Waals surface area contributed by atoms with Gasteiger partial charge < -0.3 is 15.4 Å². The van der Waals surface area contributed by atoms with Gasteiger partial charge in [-0.2, -0.15) is 0 Å². The van der Waals surface area contributed by atoms with Crippen LogP contribution in [0.3, 0.4) is 0 Å². The SMILES string of the molecule is CCCC(C)NC(=O)COc1ccc(Br)cc1C(C)NC. The van der Waals surface area contributed by atoms with Crippen LogP contribution >= 0.6 is 15.9 Å². The standard InChI is InChI=1S/C16H25BrN2O2/c1-5-6-11(2)19-16(20)10-21-15-8-7-13(17)9-14(15)12(3)18-4/h7-9,11-12,18H,5-6,10H2,1-4H3,(H,19,20). The van der Waals surface area contributed by atoms with E-state index in [4.69, 9.17) is 4.74 Å². The smallest absolute Gasteiger partial charge is 0.258 e. The number of carbonyl (C=O) groups is 1. The Hall–Kier alpha value is -1.07. The van der Waals surface area contributed by atoms with Crippen molar-refractivity contribution in [1.29, 1.82) is 0 Å². The lowest BCUT2D eigenvalue weighted by Crippen LogP contribution is -2.36. The third-order valence-electron chi connectivity index (χ3n) is 3.36. The lowest BCUT2D eigenvalue weighted by atomic mass is 10.1. The lowest BCUT2D eigenvalue weighted by molar-refractivity contribution is -0.123. The molecular weight excluding hydrogens is 332 g/mol. The minimum absolute atomic E-state index is 0.0408. The molecule has 0 aliphatic heterocycles. The topological polar surface area (TPSA) is 50.4 Å². The average Bonchev–Trinajstić information content (AvgIpc) is 2.45. The van der Waals surface area contributed by atoms with Crippen molar-refractivity contribution in [2.24, 2.45) is 0 Å². The third kappa shape index (κ3) is 6.06. The van der Waals surface area contributed by atoms with Gasteiger partial charge in [0, 0.05) is 22.1 Å². The van der Waals surface area contributed by atoms with Crippen molar-refractivity contribution in [2.45, 2.75) is 45.7 Å². The Morgan fingerprint density at radius 2 is 2.10 bits per heavy atom. The zero-order valence-electron chi connectivity index (χ0n) is 13.2. The molecule has 0 saturated heterocycles. The Kier molecular flexibility index (Phi) is 7.75. The van der Waals surface area contributed by atoms with E-state index in [1.54, 1.807) is 0 Å². The fraction of sp³-hybridized carbons (Fsp3) is 0.562. The molecule has 1 aromatic rings. The van der Waals surface area contributed by atoms with E-state index in [-0.39, 0.29) is 24.6 Å². The minimum atomic E-state index is -0.0815. The molecule has 21 heavy (non-hydrogen) atoms. The number of halogens is 1. The van der Waals surface area contributed by atoms with E-state index in [1.165, 1.54) is 0 Å². The van der Waals surface area contributed by atoms with Crippen molar-refractivity contribution in [3.05, 3.63) is 28.2 Å². The Balaban J connectivity index is 2.64. The molecule has 0 aliphatic carbocycles. The molecule has 1 aromatic carbocycles. The molecule has 0 bridgehead atoms. The molecule has 0 radical (unpaired) electrons. The van der Waals surface area contributed by atoms with Crippen LogP contribution in [0.15, 0.2) is 22.7 Å². The first-order chi connectivity index (χ1) is 9.97. The van der Waals surface area contributed by atoms with Gasteiger partial charge in [0.2, 0.25) is 0 Å². The van der Waals surface area contributed by atoms with Crippen molar-refractivity contribution in [2.75, 3.05) is 13.7 Å². The summed E-state index contributed by atoms with van der Waals surface area (Å²) in [5, 5.41) is 6.12. The van der Waals surface area contributed by atoms with Crippen LogP contribution in [0.1, 0.15) is 45.2 Å². The van der Waals surface area contributed by atoms with Crippen LogP contribution in [-0.4, -0.2) is 25.6 Å². The first kappa shape index (κ1) is 18.0. The van der Waals surface area contributed by atoms with Gasteiger partial charge in [-0.05, 0) is 45.5 Å². The van der Waals surface area contributed by atoms with E-state index >= 15 is 0 Å². The highest BCUT2D eigenvalue weighted by Gasteiger charge is 2.13. The molecule has 0 aromatic heterocycles. The predicted molar refractivity (Wildman–Crippen MR) is 89.6 cm³/mol. The highest BCUT2D eigenvalue weighted by molar-refractivity contribution is 9.10. The molecule has 118 valence electrons. The van der Waals surface area contributed by atoms with Crippen LogP contribution in [0.5, 0.6) is 5.75 Å². The van der Waals surface area contributed by atoms with E-state index in [9.17, 15) is 4.79 Å². The second-order valence-corrected chi connectivity index (χ2v) is 6.15. The van der Waals surface area contributed by atoms with Crippen LogP contribution in [0, 0.1) is 0 Å². The van der Waals surface area contributed by atoms with Gasteiger partial charge in [-0.3, -0.25) is 4.79 Å². The van der Waals surface area contributed by atoms with Crippen molar-refractivity contribution in [3.8, 4) is 5.75 Å². The van der Waals surface area contributed by atoms with Gasteiger partial charge >= 0.3 is 0 Å². The highest BCUT2D eigenvalue weighted by atomic mass is 79.9. The molecule has 2 atom stereocenters. The van der Waals surface area contributed by atoms with Gasteiger partial charge in [0.1, 0.15) is 5.75 Å². The average molecular weight is 357 g/mol. The van der Waals surface area contributed by atoms with Crippen molar-refractivity contribution >= 4 is 21.8 Å². The molecule has 0 saturated carbocycles. The maximum Gasteiger partial charge on any atom is 0.258 e. The second-order valence-electron chi connectivity index (χ2n) is 5.24. The van der Waals surface area contributed by atoms with Gasteiger partial charge in [0.15, 0.2) is 6.61 Å². The number of rotatable bonds is 8. The normalized spacial score (nSPS) is 13.6. The predicted octanol–water partition coefficient (Wildman–Crippen LogP) is 3.41. The van der Waals surface area contributed by atoms with E-state index in [0.29, 0.717) is 0 Å². The summed E-state index contributed by atoms with van der Waals surface area (Å²) in [4.78, 5) is 11.9. The molecule has 0 fully saturated rings. The van der Waals surface area contributed by atoms with Crippen molar-refractivity contribution in [1.82, 2.24) is 10.6 Å². The second kappa shape index (κ2) is 9.05. The lowest BCUT2D eigenvalue weighted by Gasteiger charge is -2.18. The molecule has 0 spiro atoms.